The van der Waals surface area contributed by atoms with Crippen molar-refractivity contribution in [3.05, 3.63) is 29.8 Å². The van der Waals surface area contributed by atoms with Gasteiger partial charge >= 0.3 is 0 Å². The molecule has 0 aliphatic carbocycles. The number of hydrogen-bond donors (Lipinski definition) is 0. The molecule has 0 aromatic heterocycles. The number of nitriles is 1. The number of hydrogen-bond acceptors (Lipinski definition) is 4. The molecule has 1 aliphatic rings. The lowest BCUT2D eigenvalue weighted by molar-refractivity contribution is -0.107. The second-order valence-electron chi connectivity index (χ2n) is 5.57. The topological polar surface area (TPSA) is 47.3 Å². The molecule has 0 saturated carbocycles. The van der Waals surface area contributed by atoms with Gasteiger partial charge in [-0.05, 0) is 30.7 Å². The van der Waals surface area contributed by atoms with Gasteiger partial charge in [0.05, 0.1) is 12.5 Å². The third-order valence-corrected chi connectivity index (χ3v) is 3.58. The summed E-state index contributed by atoms with van der Waals surface area (Å²) in [7, 11) is 2.20. The number of rotatable bonds is 3. The number of anilines is 1. The van der Waals surface area contributed by atoms with Gasteiger partial charge < -0.3 is 14.6 Å². The number of benzene rings is 1. The van der Waals surface area contributed by atoms with Gasteiger partial charge in [0.2, 0.25) is 0 Å². The maximum atomic E-state index is 9.18. The first-order valence-electron chi connectivity index (χ1n) is 7.42. The summed E-state index contributed by atoms with van der Waals surface area (Å²) in [6, 6.07) is 10.6. The predicted molar refractivity (Wildman–Crippen MR) is 86.5 cm³/mol. The zero-order valence-electron chi connectivity index (χ0n) is 13.2. The Labute approximate surface area is 128 Å². The molecule has 0 amide bonds. The molecule has 1 aromatic carbocycles. The van der Waals surface area contributed by atoms with Crippen molar-refractivity contribution in [1.29, 1.82) is 5.26 Å². The molecule has 0 spiro atoms. The van der Waals surface area contributed by atoms with Crippen LogP contribution in [-0.4, -0.2) is 44.4 Å². The minimum absolute atomic E-state index is 0.0139. The van der Waals surface area contributed by atoms with Crippen LogP contribution >= 0.6 is 0 Å². The van der Waals surface area contributed by atoms with Crippen LogP contribution in [0.4, 0.5) is 5.69 Å². The molecule has 21 heavy (non-hydrogen) atoms. The molecular formula is C17H25N3O. The van der Waals surface area contributed by atoms with E-state index in [1.807, 2.05) is 0 Å². The van der Waals surface area contributed by atoms with Crippen LogP contribution in [0.2, 0.25) is 0 Å². The van der Waals surface area contributed by atoms with Gasteiger partial charge in [0.25, 0.3) is 0 Å². The van der Waals surface area contributed by atoms with Crippen LogP contribution in [0.25, 0.3) is 0 Å². The summed E-state index contributed by atoms with van der Waals surface area (Å²) >= 11 is 0. The van der Waals surface area contributed by atoms with E-state index in [1.165, 1.54) is 24.3 Å². The number of carbonyl (C=O) groups is 1. The summed E-state index contributed by atoms with van der Waals surface area (Å²) in [5, 5.41) is 7.58. The van der Waals surface area contributed by atoms with Gasteiger partial charge in [0.15, 0.2) is 0 Å². The highest BCUT2D eigenvalue weighted by Gasteiger charge is 2.14. The fourth-order valence-electron chi connectivity index (χ4n) is 2.18. The Morgan fingerprint density at radius 1 is 1.29 bits per heavy atom. The van der Waals surface area contributed by atoms with Crippen LogP contribution in [0.1, 0.15) is 31.7 Å². The van der Waals surface area contributed by atoms with Crippen LogP contribution in [0, 0.1) is 11.3 Å². The summed E-state index contributed by atoms with van der Waals surface area (Å²) in [5.41, 5.74) is 2.83. The first-order valence-corrected chi connectivity index (χ1v) is 7.42. The van der Waals surface area contributed by atoms with Crippen molar-refractivity contribution in [1.82, 2.24) is 4.90 Å². The Morgan fingerprint density at radius 2 is 1.95 bits per heavy atom. The lowest BCUT2D eigenvalue weighted by atomic mass is 10.0. The van der Waals surface area contributed by atoms with Gasteiger partial charge in [-0.25, -0.2) is 0 Å². The normalized spacial score (nSPS) is 15.1. The Bertz CT molecular complexity index is 471. The van der Waals surface area contributed by atoms with E-state index in [4.69, 9.17) is 5.26 Å². The van der Waals surface area contributed by atoms with Gasteiger partial charge in [0.1, 0.15) is 6.29 Å². The maximum Gasteiger partial charge on any atom is 0.134 e. The number of carbonyl (C=O) groups excluding carboxylic acids is 1. The average molecular weight is 287 g/mol. The van der Waals surface area contributed by atoms with E-state index < -0.39 is 0 Å². The highest BCUT2D eigenvalue weighted by Crippen LogP contribution is 2.22. The number of piperazine rings is 1. The maximum absolute atomic E-state index is 9.18. The first-order chi connectivity index (χ1) is 10.1. The molecular weight excluding hydrogens is 262 g/mol. The molecule has 1 heterocycles. The summed E-state index contributed by atoms with van der Waals surface area (Å²) in [6.45, 7) is 9.15. The molecule has 0 bridgehead atoms. The Balaban J connectivity index is 0.000000383. The monoisotopic (exact) mass is 287 g/mol. The van der Waals surface area contributed by atoms with E-state index in [-0.39, 0.29) is 6.42 Å². The van der Waals surface area contributed by atoms with E-state index in [0.717, 1.165) is 13.1 Å². The molecule has 1 aromatic rings. The van der Waals surface area contributed by atoms with Crippen molar-refractivity contribution in [3.63, 3.8) is 0 Å². The van der Waals surface area contributed by atoms with Crippen LogP contribution in [-0.2, 0) is 4.79 Å². The minimum Gasteiger partial charge on any atom is -0.369 e. The molecule has 1 aliphatic heterocycles. The predicted octanol–water partition coefficient (Wildman–Crippen LogP) is 2.66. The molecule has 2 rings (SSSR count). The second kappa shape index (κ2) is 9.15. The Kier molecular flexibility index (Phi) is 7.49. The number of likely N-dealkylation sites (N-methyl/N-ethyl adjacent to an activating group) is 1. The molecule has 0 N–H and O–H groups in total. The summed E-state index contributed by atoms with van der Waals surface area (Å²) in [5.74, 6) is 0.618. The third-order valence-electron chi connectivity index (χ3n) is 3.58. The zero-order chi connectivity index (χ0) is 15.7. The van der Waals surface area contributed by atoms with E-state index in [9.17, 15) is 4.79 Å². The molecule has 1 fully saturated rings. The standard InChI is InChI=1S/C14H22N2.C3H3NO/c1-12(2)13-5-4-6-14(11-13)16-9-7-15(3)8-10-16;4-2-1-3-5/h4-6,11-12H,7-10H2,1-3H3;3H,1H2. The molecule has 0 atom stereocenters. The Hall–Kier alpha value is -1.86. The lowest BCUT2D eigenvalue weighted by Crippen LogP contribution is -2.44. The van der Waals surface area contributed by atoms with Gasteiger partial charge in [-0.2, -0.15) is 5.26 Å². The van der Waals surface area contributed by atoms with Crippen LogP contribution in [0.3, 0.4) is 0 Å². The van der Waals surface area contributed by atoms with E-state index in [1.54, 1.807) is 6.07 Å². The molecule has 114 valence electrons. The summed E-state index contributed by atoms with van der Waals surface area (Å²) in [6.07, 6.45) is 0.583. The van der Waals surface area contributed by atoms with Crippen LogP contribution < -0.4 is 4.90 Å². The van der Waals surface area contributed by atoms with Crippen molar-refractivity contribution >= 4 is 12.0 Å². The van der Waals surface area contributed by atoms with Gasteiger partial charge in [-0.1, -0.05) is 26.0 Å². The molecule has 1 saturated heterocycles. The molecule has 4 heteroatoms. The fraction of sp³-hybridized carbons (Fsp3) is 0.529. The fourth-order valence-corrected chi connectivity index (χ4v) is 2.18. The van der Waals surface area contributed by atoms with Crippen molar-refractivity contribution < 1.29 is 4.79 Å². The van der Waals surface area contributed by atoms with Crippen molar-refractivity contribution in [2.75, 3.05) is 38.1 Å². The van der Waals surface area contributed by atoms with Gasteiger partial charge in [-0.3, -0.25) is 0 Å². The third kappa shape index (κ3) is 5.97. The van der Waals surface area contributed by atoms with E-state index >= 15 is 0 Å². The summed E-state index contributed by atoms with van der Waals surface area (Å²) in [4.78, 5) is 14.1. The van der Waals surface area contributed by atoms with Gasteiger partial charge in [-0.15, -0.1) is 0 Å². The van der Waals surface area contributed by atoms with E-state index in [0.29, 0.717) is 12.2 Å². The number of nitrogens with zero attached hydrogens (tertiary/aromatic N) is 3. The van der Waals surface area contributed by atoms with Crippen LogP contribution in [0.15, 0.2) is 24.3 Å². The highest BCUT2D eigenvalue weighted by atomic mass is 16.1. The minimum atomic E-state index is 0.0139. The van der Waals surface area contributed by atoms with E-state index in [2.05, 4.69) is 55.0 Å². The summed E-state index contributed by atoms with van der Waals surface area (Å²) < 4.78 is 0. The average Bonchev–Trinajstić information content (AvgIpc) is 2.49. The molecule has 0 radical (unpaired) electrons. The highest BCUT2D eigenvalue weighted by molar-refractivity contribution is 5.52. The van der Waals surface area contributed by atoms with Gasteiger partial charge in [0, 0.05) is 31.9 Å². The van der Waals surface area contributed by atoms with Crippen molar-refractivity contribution in [3.8, 4) is 6.07 Å². The smallest absolute Gasteiger partial charge is 0.134 e. The molecule has 4 nitrogen and oxygen atoms in total. The Morgan fingerprint density at radius 3 is 2.43 bits per heavy atom. The largest absolute Gasteiger partial charge is 0.369 e. The van der Waals surface area contributed by atoms with Crippen LogP contribution in [0.5, 0.6) is 0 Å². The first kappa shape index (κ1) is 17.2. The zero-order valence-corrected chi connectivity index (χ0v) is 13.2. The lowest BCUT2D eigenvalue weighted by Gasteiger charge is -2.34. The van der Waals surface area contributed by atoms with Crippen molar-refractivity contribution in [2.45, 2.75) is 26.2 Å². The van der Waals surface area contributed by atoms with Crippen molar-refractivity contribution in [2.24, 2.45) is 0 Å². The number of aldehydes is 1. The quantitative estimate of drug-likeness (QED) is 0.802. The second-order valence-corrected chi connectivity index (χ2v) is 5.57. The molecule has 0 unspecified atom stereocenters. The SMILES string of the molecule is CC(C)c1cccc(N2CCN(C)CC2)c1.N#CCC=O.